The number of carbonyl (C=O) groups excluding carboxylic acids is 4. The van der Waals surface area contributed by atoms with Crippen LogP contribution in [0, 0.1) is 0 Å². The van der Waals surface area contributed by atoms with E-state index in [2.05, 4.69) is 19.6 Å². The van der Waals surface area contributed by atoms with Crippen LogP contribution in [-0.2, 0) is 30.4 Å². The molecular weight excluding hydrogens is 468 g/mol. The van der Waals surface area contributed by atoms with Crippen LogP contribution in [0.4, 0.5) is 0 Å². The number of carbonyl (C=O) groups is 4. The molecule has 2 aliphatic heterocycles. The summed E-state index contributed by atoms with van der Waals surface area (Å²) in [6, 6.07) is 5.17. The van der Waals surface area contributed by atoms with E-state index in [9.17, 15) is 19.2 Å². The summed E-state index contributed by atoms with van der Waals surface area (Å²) in [5.74, 6) is -0.990. The highest BCUT2D eigenvalue weighted by Crippen LogP contribution is 2.31. The van der Waals surface area contributed by atoms with Gasteiger partial charge in [-0.05, 0) is 57.0 Å². The first kappa shape index (κ1) is 26.9. The van der Waals surface area contributed by atoms with Crippen molar-refractivity contribution in [3.05, 3.63) is 29.3 Å². The summed E-state index contributed by atoms with van der Waals surface area (Å²) in [6.07, 6.45) is 0.461. The van der Waals surface area contributed by atoms with Crippen molar-refractivity contribution in [1.29, 1.82) is 0 Å². The lowest BCUT2D eigenvalue weighted by atomic mass is 10.0. The van der Waals surface area contributed by atoms with Crippen LogP contribution in [0.5, 0.6) is 5.75 Å². The minimum Gasteiger partial charge on any atom is -0.482 e. The van der Waals surface area contributed by atoms with E-state index in [4.69, 9.17) is 14.2 Å². The number of hydrogen-bond donors (Lipinski definition) is 0. The molecule has 1 aromatic rings. The van der Waals surface area contributed by atoms with Gasteiger partial charge in [0, 0.05) is 33.2 Å². The molecule has 0 saturated carbocycles. The summed E-state index contributed by atoms with van der Waals surface area (Å²) in [7, 11) is -1.29. The first-order chi connectivity index (χ1) is 16.2. The number of esters is 1. The highest BCUT2D eigenvalue weighted by atomic mass is 28.3. The molecule has 0 N–H and O–H groups in total. The number of ether oxygens (including phenoxy) is 3. The van der Waals surface area contributed by atoms with Gasteiger partial charge in [-0.3, -0.25) is 19.3 Å². The van der Waals surface area contributed by atoms with E-state index in [1.54, 1.807) is 39.0 Å². The molecule has 0 radical (unpaired) electrons. The molecule has 2 heterocycles. The van der Waals surface area contributed by atoms with Gasteiger partial charge >= 0.3 is 5.97 Å². The molecule has 192 valence electrons. The van der Waals surface area contributed by atoms with Crippen molar-refractivity contribution in [2.24, 2.45) is 0 Å². The molecule has 3 rings (SSSR count). The van der Waals surface area contributed by atoms with Crippen molar-refractivity contribution in [3.63, 3.8) is 0 Å². The molecule has 1 fully saturated rings. The number of piperidine rings is 1. The molecule has 0 aliphatic carbocycles. The van der Waals surface area contributed by atoms with E-state index in [-0.39, 0.29) is 44.5 Å². The molecule has 1 unspecified atom stereocenters. The summed E-state index contributed by atoms with van der Waals surface area (Å²) in [5.41, 5.74) is 0.587. The largest absolute Gasteiger partial charge is 0.482 e. The van der Waals surface area contributed by atoms with Gasteiger partial charge in [0.15, 0.2) is 6.61 Å². The molecular formula is C25H36N2O7Si. The lowest BCUT2D eigenvalue weighted by molar-refractivity contribution is -0.159. The molecule has 9 nitrogen and oxygen atoms in total. The second-order valence-electron chi connectivity index (χ2n) is 11.2. The second-order valence-corrected chi connectivity index (χ2v) is 16.8. The van der Waals surface area contributed by atoms with Gasteiger partial charge in [0.2, 0.25) is 5.91 Å². The predicted octanol–water partition coefficient (Wildman–Crippen LogP) is 3.19. The summed E-state index contributed by atoms with van der Waals surface area (Å²) in [6.45, 7) is 12.4. The van der Waals surface area contributed by atoms with Gasteiger partial charge in [-0.15, -0.1) is 0 Å². The molecule has 1 saturated heterocycles. The van der Waals surface area contributed by atoms with Crippen molar-refractivity contribution < 1.29 is 33.4 Å². The quantitative estimate of drug-likeness (QED) is 0.220. The SMILES string of the molecule is CC(C)(C)OC(=O)COc1ccc2c(c1)CN(C1CCC(=O)N(COCC[Si](C)(C)C)C1=O)C2=O. The van der Waals surface area contributed by atoms with Gasteiger partial charge in [-0.25, -0.2) is 4.79 Å². The van der Waals surface area contributed by atoms with E-state index in [0.29, 0.717) is 23.5 Å². The summed E-state index contributed by atoms with van der Waals surface area (Å²) >= 11 is 0. The van der Waals surface area contributed by atoms with Gasteiger partial charge in [0.1, 0.15) is 24.1 Å². The zero-order valence-corrected chi connectivity index (χ0v) is 22.5. The van der Waals surface area contributed by atoms with Crippen LogP contribution in [-0.4, -0.2) is 73.2 Å². The van der Waals surface area contributed by atoms with Gasteiger partial charge in [0.05, 0.1) is 0 Å². The topological polar surface area (TPSA) is 102 Å². The maximum absolute atomic E-state index is 13.1. The Morgan fingerprint density at radius 1 is 1.14 bits per heavy atom. The maximum atomic E-state index is 13.1. The Balaban J connectivity index is 1.62. The Labute approximate surface area is 207 Å². The lowest BCUT2D eigenvalue weighted by Crippen LogP contribution is -2.55. The van der Waals surface area contributed by atoms with Crippen LogP contribution in [0.15, 0.2) is 18.2 Å². The van der Waals surface area contributed by atoms with Crippen molar-refractivity contribution in [2.75, 3.05) is 19.9 Å². The molecule has 0 bridgehead atoms. The third-order valence-electron chi connectivity index (χ3n) is 5.76. The van der Waals surface area contributed by atoms with E-state index in [1.807, 2.05) is 0 Å². The zero-order valence-electron chi connectivity index (χ0n) is 21.5. The summed E-state index contributed by atoms with van der Waals surface area (Å²) in [4.78, 5) is 53.1. The molecule has 0 aromatic heterocycles. The zero-order chi connectivity index (χ0) is 26.0. The highest BCUT2D eigenvalue weighted by molar-refractivity contribution is 6.76. The highest BCUT2D eigenvalue weighted by Gasteiger charge is 2.42. The van der Waals surface area contributed by atoms with Crippen molar-refractivity contribution in [1.82, 2.24) is 9.80 Å². The Morgan fingerprint density at radius 2 is 1.86 bits per heavy atom. The van der Waals surface area contributed by atoms with Crippen LogP contribution in [0.1, 0.15) is 49.5 Å². The fourth-order valence-corrected chi connectivity index (χ4v) is 4.71. The number of hydrogen-bond acceptors (Lipinski definition) is 7. The Hall–Kier alpha value is -2.72. The standard InChI is InChI=1S/C25H36N2O7Si/c1-25(2,3)34-22(29)15-33-18-7-8-19-17(13-18)14-26(23(19)30)20-9-10-21(28)27(24(20)31)16-32-11-12-35(4,5)6/h7-8,13,20H,9-12,14-16H2,1-6H3. The predicted molar refractivity (Wildman–Crippen MR) is 132 cm³/mol. The normalized spacial score (nSPS) is 18.7. The monoisotopic (exact) mass is 504 g/mol. The van der Waals surface area contributed by atoms with Crippen LogP contribution < -0.4 is 4.74 Å². The first-order valence-electron chi connectivity index (χ1n) is 12.0. The lowest BCUT2D eigenvalue weighted by Gasteiger charge is -2.35. The summed E-state index contributed by atoms with van der Waals surface area (Å²) < 4.78 is 16.4. The molecule has 1 aromatic carbocycles. The molecule has 0 spiro atoms. The molecule has 3 amide bonds. The van der Waals surface area contributed by atoms with Crippen LogP contribution >= 0.6 is 0 Å². The van der Waals surface area contributed by atoms with Gasteiger partial charge < -0.3 is 19.1 Å². The summed E-state index contributed by atoms with van der Waals surface area (Å²) in [5, 5.41) is 0. The number of benzene rings is 1. The smallest absolute Gasteiger partial charge is 0.344 e. The van der Waals surface area contributed by atoms with E-state index in [1.165, 1.54) is 4.90 Å². The van der Waals surface area contributed by atoms with Gasteiger partial charge in [-0.2, -0.15) is 0 Å². The van der Waals surface area contributed by atoms with E-state index in [0.717, 1.165) is 10.9 Å². The third kappa shape index (κ3) is 7.14. The Kier molecular flexibility index (Phi) is 8.06. The van der Waals surface area contributed by atoms with Crippen molar-refractivity contribution in [2.45, 2.75) is 77.5 Å². The number of likely N-dealkylation sites (tertiary alicyclic amines) is 1. The van der Waals surface area contributed by atoms with Gasteiger partial charge in [0.25, 0.3) is 11.8 Å². The average molecular weight is 505 g/mol. The fourth-order valence-electron chi connectivity index (χ4n) is 3.95. The number of fused-ring (bicyclic) bond motifs is 1. The minimum absolute atomic E-state index is 0.0870. The number of nitrogens with zero attached hydrogens (tertiary/aromatic N) is 2. The second kappa shape index (κ2) is 10.5. The Bertz CT molecular complexity index is 997. The van der Waals surface area contributed by atoms with Crippen LogP contribution in [0.25, 0.3) is 0 Å². The van der Waals surface area contributed by atoms with E-state index < -0.39 is 31.6 Å². The maximum Gasteiger partial charge on any atom is 0.344 e. The minimum atomic E-state index is -1.29. The van der Waals surface area contributed by atoms with Crippen LogP contribution in [0.2, 0.25) is 25.7 Å². The molecule has 1 atom stereocenters. The van der Waals surface area contributed by atoms with Crippen molar-refractivity contribution in [3.8, 4) is 5.75 Å². The molecule has 2 aliphatic rings. The Morgan fingerprint density at radius 3 is 2.51 bits per heavy atom. The third-order valence-corrected chi connectivity index (χ3v) is 7.47. The van der Waals surface area contributed by atoms with Gasteiger partial charge in [-0.1, -0.05) is 19.6 Å². The number of rotatable bonds is 9. The molecule has 35 heavy (non-hydrogen) atoms. The first-order valence-corrected chi connectivity index (χ1v) is 15.7. The van der Waals surface area contributed by atoms with Crippen LogP contribution in [0.3, 0.4) is 0 Å². The fraction of sp³-hybridized carbons (Fsp3) is 0.600. The van der Waals surface area contributed by atoms with E-state index >= 15 is 0 Å². The number of amides is 3. The molecule has 10 heteroatoms. The van der Waals surface area contributed by atoms with Crippen molar-refractivity contribution >= 4 is 31.8 Å². The number of imide groups is 1. The average Bonchev–Trinajstić information content (AvgIpc) is 3.05.